The summed E-state index contributed by atoms with van der Waals surface area (Å²) in [5, 5.41) is 0. The van der Waals surface area contributed by atoms with Gasteiger partial charge in [0.05, 0.1) is 0 Å². The van der Waals surface area contributed by atoms with Crippen LogP contribution in [0.25, 0.3) is 0 Å². The number of pyridine rings is 1. The summed E-state index contributed by atoms with van der Waals surface area (Å²) in [5.41, 5.74) is 1.21. The predicted molar refractivity (Wildman–Crippen MR) is 45.7 cm³/mol. The fraction of sp³-hybridized carbons (Fsp3) is 0.444. The second-order valence-electron chi connectivity index (χ2n) is 2.73. The van der Waals surface area contributed by atoms with Crippen molar-refractivity contribution in [3.63, 3.8) is 0 Å². The molecular weight excluding hydrogens is 138 g/mol. The topological polar surface area (TPSA) is 22.0 Å². The maximum absolute atomic E-state index is 11.1. The molecule has 0 saturated carbocycles. The Balaban J connectivity index is 2.96. The first kappa shape index (κ1) is 8.05. The summed E-state index contributed by atoms with van der Waals surface area (Å²) < 4.78 is 1.58. The first-order valence-corrected chi connectivity index (χ1v) is 3.89. The standard InChI is InChI=1S/C9H13NO/c1-3-4-8-5-6-10(2)9(11)7-8/h5-7H,3-4H2,1-2H3. The first-order chi connectivity index (χ1) is 5.24. The summed E-state index contributed by atoms with van der Waals surface area (Å²) in [6.07, 6.45) is 3.90. The van der Waals surface area contributed by atoms with E-state index < -0.39 is 0 Å². The molecule has 0 aliphatic heterocycles. The molecule has 0 amide bonds. The zero-order chi connectivity index (χ0) is 8.27. The van der Waals surface area contributed by atoms with E-state index in [1.165, 1.54) is 0 Å². The Morgan fingerprint density at radius 1 is 1.55 bits per heavy atom. The number of hydrogen-bond acceptors (Lipinski definition) is 1. The minimum Gasteiger partial charge on any atom is -0.319 e. The highest BCUT2D eigenvalue weighted by atomic mass is 16.1. The summed E-state index contributed by atoms with van der Waals surface area (Å²) in [6, 6.07) is 3.69. The van der Waals surface area contributed by atoms with Gasteiger partial charge in [0.1, 0.15) is 0 Å². The molecule has 1 heterocycles. The second-order valence-corrected chi connectivity index (χ2v) is 2.73. The molecule has 0 aliphatic rings. The predicted octanol–water partition coefficient (Wildman–Crippen LogP) is 1.34. The van der Waals surface area contributed by atoms with Crippen LogP contribution in [0.2, 0.25) is 0 Å². The molecular formula is C9H13NO. The van der Waals surface area contributed by atoms with Crippen molar-refractivity contribution in [3.05, 3.63) is 34.2 Å². The third kappa shape index (κ3) is 1.93. The zero-order valence-electron chi connectivity index (χ0n) is 7.00. The van der Waals surface area contributed by atoms with E-state index in [9.17, 15) is 4.79 Å². The molecule has 0 radical (unpaired) electrons. The maximum Gasteiger partial charge on any atom is 0.250 e. The SMILES string of the molecule is CCCc1ccn(C)c(=O)c1. The summed E-state index contributed by atoms with van der Waals surface area (Å²) in [4.78, 5) is 11.1. The van der Waals surface area contributed by atoms with Crippen LogP contribution in [0.3, 0.4) is 0 Å². The minimum atomic E-state index is 0.0796. The number of aryl methyl sites for hydroxylation is 2. The van der Waals surface area contributed by atoms with Gasteiger partial charge in [0.2, 0.25) is 0 Å². The van der Waals surface area contributed by atoms with Crippen molar-refractivity contribution in [3.8, 4) is 0 Å². The molecule has 11 heavy (non-hydrogen) atoms. The summed E-state index contributed by atoms with van der Waals surface area (Å²) in [6.45, 7) is 2.11. The monoisotopic (exact) mass is 151 g/mol. The van der Waals surface area contributed by atoms with Gasteiger partial charge in [-0.3, -0.25) is 4.79 Å². The van der Waals surface area contributed by atoms with E-state index in [0.29, 0.717) is 0 Å². The fourth-order valence-electron chi connectivity index (χ4n) is 1.03. The Morgan fingerprint density at radius 3 is 2.82 bits per heavy atom. The van der Waals surface area contributed by atoms with Crippen LogP contribution in [0.5, 0.6) is 0 Å². The smallest absolute Gasteiger partial charge is 0.250 e. The van der Waals surface area contributed by atoms with Crippen molar-refractivity contribution in [2.24, 2.45) is 7.05 Å². The van der Waals surface area contributed by atoms with Gasteiger partial charge in [-0.2, -0.15) is 0 Å². The first-order valence-electron chi connectivity index (χ1n) is 3.89. The normalized spacial score (nSPS) is 10.0. The third-order valence-electron chi connectivity index (χ3n) is 1.71. The molecule has 2 heteroatoms. The maximum atomic E-state index is 11.1. The van der Waals surface area contributed by atoms with Gasteiger partial charge in [-0.1, -0.05) is 13.3 Å². The highest BCUT2D eigenvalue weighted by Crippen LogP contribution is 1.97. The van der Waals surface area contributed by atoms with Gasteiger partial charge in [0.25, 0.3) is 5.56 Å². The molecule has 1 aromatic rings. The molecule has 2 nitrogen and oxygen atoms in total. The highest BCUT2D eigenvalue weighted by Gasteiger charge is 1.92. The van der Waals surface area contributed by atoms with Crippen molar-refractivity contribution in [2.45, 2.75) is 19.8 Å². The molecule has 1 aromatic heterocycles. The van der Waals surface area contributed by atoms with Crippen LogP contribution >= 0.6 is 0 Å². The fourth-order valence-corrected chi connectivity index (χ4v) is 1.03. The van der Waals surface area contributed by atoms with Crippen molar-refractivity contribution in [1.82, 2.24) is 4.57 Å². The Hall–Kier alpha value is -1.05. The molecule has 0 saturated heterocycles. The average Bonchev–Trinajstić information content (AvgIpc) is 1.98. The van der Waals surface area contributed by atoms with Crippen molar-refractivity contribution in [2.75, 3.05) is 0 Å². The van der Waals surface area contributed by atoms with Crippen LogP contribution in [0, 0.1) is 0 Å². The van der Waals surface area contributed by atoms with Gasteiger partial charge in [-0.05, 0) is 18.1 Å². The second kappa shape index (κ2) is 3.37. The highest BCUT2D eigenvalue weighted by molar-refractivity contribution is 5.10. The molecule has 0 atom stereocenters. The number of hydrogen-bond donors (Lipinski definition) is 0. The van der Waals surface area contributed by atoms with Crippen LogP contribution in [0.15, 0.2) is 23.1 Å². The Labute approximate surface area is 66.5 Å². The lowest BCUT2D eigenvalue weighted by atomic mass is 10.2. The van der Waals surface area contributed by atoms with Crippen LogP contribution in [-0.2, 0) is 13.5 Å². The van der Waals surface area contributed by atoms with Gasteiger partial charge >= 0.3 is 0 Å². The lowest BCUT2D eigenvalue weighted by Crippen LogP contribution is -2.14. The van der Waals surface area contributed by atoms with Gasteiger partial charge in [-0.25, -0.2) is 0 Å². The Bertz CT molecular complexity index is 288. The van der Waals surface area contributed by atoms with Crippen LogP contribution in [0.4, 0.5) is 0 Å². The van der Waals surface area contributed by atoms with Crippen LogP contribution in [-0.4, -0.2) is 4.57 Å². The number of rotatable bonds is 2. The molecule has 0 unspecified atom stereocenters. The Morgan fingerprint density at radius 2 is 2.27 bits per heavy atom. The van der Waals surface area contributed by atoms with E-state index in [1.807, 2.05) is 12.3 Å². The molecule has 0 bridgehead atoms. The van der Waals surface area contributed by atoms with Crippen molar-refractivity contribution < 1.29 is 0 Å². The zero-order valence-corrected chi connectivity index (χ0v) is 7.00. The van der Waals surface area contributed by atoms with E-state index >= 15 is 0 Å². The van der Waals surface area contributed by atoms with Crippen molar-refractivity contribution in [1.29, 1.82) is 0 Å². The van der Waals surface area contributed by atoms with Gasteiger partial charge in [0, 0.05) is 19.3 Å². The molecule has 0 aliphatic carbocycles. The van der Waals surface area contributed by atoms with Crippen molar-refractivity contribution >= 4 is 0 Å². The number of nitrogens with zero attached hydrogens (tertiary/aromatic N) is 1. The molecule has 0 aromatic carbocycles. The molecule has 0 fully saturated rings. The summed E-state index contributed by atoms with van der Waals surface area (Å²) in [7, 11) is 1.76. The minimum absolute atomic E-state index is 0.0796. The van der Waals surface area contributed by atoms with E-state index in [1.54, 1.807) is 17.7 Å². The molecule has 0 spiro atoms. The molecule has 0 N–H and O–H groups in total. The van der Waals surface area contributed by atoms with E-state index in [4.69, 9.17) is 0 Å². The van der Waals surface area contributed by atoms with E-state index in [2.05, 4.69) is 6.92 Å². The lowest BCUT2D eigenvalue weighted by Gasteiger charge is -1.99. The average molecular weight is 151 g/mol. The van der Waals surface area contributed by atoms with E-state index in [-0.39, 0.29) is 5.56 Å². The number of aromatic nitrogens is 1. The Kier molecular flexibility index (Phi) is 2.47. The largest absolute Gasteiger partial charge is 0.319 e. The molecule has 1 rings (SSSR count). The van der Waals surface area contributed by atoms with Crippen LogP contribution in [0.1, 0.15) is 18.9 Å². The quantitative estimate of drug-likeness (QED) is 0.625. The van der Waals surface area contributed by atoms with Crippen LogP contribution < -0.4 is 5.56 Å². The summed E-state index contributed by atoms with van der Waals surface area (Å²) >= 11 is 0. The van der Waals surface area contributed by atoms with Gasteiger partial charge in [0.15, 0.2) is 0 Å². The lowest BCUT2D eigenvalue weighted by molar-refractivity contribution is 0.837. The third-order valence-corrected chi connectivity index (χ3v) is 1.71. The van der Waals surface area contributed by atoms with Gasteiger partial charge < -0.3 is 4.57 Å². The van der Waals surface area contributed by atoms with E-state index in [0.717, 1.165) is 18.4 Å². The summed E-state index contributed by atoms with van der Waals surface area (Å²) in [5.74, 6) is 0. The molecule has 60 valence electrons. The van der Waals surface area contributed by atoms with Gasteiger partial charge in [-0.15, -0.1) is 0 Å².